The number of benzene rings is 1. The summed E-state index contributed by atoms with van der Waals surface area (Å²) in [4.78, 5) is 18.8. The largest absolute Gasteiger partial charge is 0.468 e. The number of thioether (sulfide) groups is 1. The number of rotatable bonds is 6. The number of carbonyl (C=O) groups is 1. The van der Waals surface area contributed by atoms with Gasteiger partial charge in [0.05, 0.1) is 48.5 Å². The number of ether oxygens (including phenoxy) is 2. The lowest BCUT2D eigenvalue weighted by Crippen LogP contribution is -2.65. The molecule has 1 aromatic heterocycles. The summed E-state index contributed by atoms with van der Waals surface area (Å²) in [5, 5.41) is 6.09. The minimum Gasteiger partial charge on any atom is -0.468 e. The highest BCUT2D eigenvalue weighted by atomic mass is 35.5. The lowest BCUT2D eigenvalue weighted by molar-refractivity contribution is -0.139. The molecule has 10 heteroatoms. The fraction of sp³-hybridized carbons (Fsp3) is 0.480. The van der Waals surface area contributed by atoms with E-state index >= 15 is 0 Å². The van der Waals surface area contributed by atoms with Crippen LogP contribution in [0.2, 0.25) is 10.0 Å². The predicted molar refractivity (Wildman–Crippen MR) is 136 cm³/mol. The molecule has 0 radical (unpaired) electrons. The van der Waals surface area contributed by atoms with Gasteiger partial charge in [-0.15, -0.1) is 0 Å². The highest BCUT2D eigenvalue weighted by molar-refractivity contribution is 8.15. The van der Waals surface area contributed by atoms with Crippen LogP contribution in [-0.4, -0.2) is 58.3 Å². The van der Waals surface area contributed by atoms with Crippen LogP contribution >= 0.6 is 35.0 Å². The van der Waals surface area contributed by atoms with E-state index in [9.17, 15) is 4.79 Å². The number of nitrogens with zero attached hydrogens (tertiary/aromatic N) is 3. The van der Waals surface area contributed by atoms with Crippen LogP contribution < -0.4 is 0 Å². The fourth-order valence-corrected chi connectivity index (χ4v) is 6.95. The highest BCUT2D eigenvalue weighted by Gasteiger charge is 2.52. The van der Waals surface area contributed by atoms with Gasteiger partial charge in [0.15, 0.2) is 5.17 Å². The minimum atomic E-state index is -0.263. The van der Waals surface area contributed by atoms with E-state index in [2.05, 4.69) is 21.6 Å². The molecule has 3 unspecified atom stereocenters. The summed E-state index contributed by atoms with van der Waals surface area (Å²) in [5.74, 6) is 1.04. The number of amidine groups is 1. The normalized spacial score (nSPS) is 27.6. The standard InChI is InChI=1S/C25H25Cl2N3O4S/c1-12-18-8-14(9-19(12)30(18)25-28-10-20(35-25)24(31)32-2)33-11-15-22(29-34-23(15)13-6-7-13)21-16(26)4-3-5-17(21)27/h3-5,13-14,18-20H,1,6-11H2,2H3/t14?,18-,19?,20?/m0/s1. The van der Waals surface area contributed by atoms with Crippen LogP contribution in [0.4, 0.5) is 0 Å². The molecule has 0 N–H and O–H groups in total. The molecule has 2 saturated heterocycles. The Morgan fingerprint density at radius 1 is 1.26 bits per heavy atom. The Hall–Kier alpha value is -2.00. The number of aliphatic imine (C=N–C) groups is 1. The number of fused-ring (bicyclic) bond motifs is 2. The van der Waals surface area contributed by atoms with E-state index < -0.39 is 0 Å². The van der Waals surface area contributed by atoms with Gasteiger partial charge >= 0.3 is 5.97 Å². The van der Waals surface area contributed by atoms with Crippen molar-refractivity contribution in [3.63, 3.8) is 0 Å². The molecule has 1 aromatic carbocycles. The summed E-state index contributed by atoms with van der Waals surface area (Å²) in [6, 6.07) is 5.78. The zero-order valence-electron chi connectivity index (χ0n) is 19.2. The number of hydrogen-bond acceptors (Lipinski definition) is 8. The molecule has 184 valence electrons. The topological polar surface area (TPSA) is 77.2 Å². The van der Waals surface area contributed by atoms with Crippen molar-refractivity contribution in [3.8, 4) is 11.3 Å². The van der Waals surface area contributed by atoms with Crippen molar-refractivity contribution in [1.29, 1.82) is 0 Å². The number of esters is 1. The van der Waals surface area contributed by atoms with Crippen molar-refractivity contribution in [2.75, 3.05) is 13.7 Å². The van der Waals surface area contributed by atoms with Gasteiger partial charge < -0.3 is 18.9 Å². The molecular formula is C25H25Cl2N3O4S. The Morgan fingerprint density at radius 2 is 1.97 bits per heavy atom. The van der Waals surface area contributed by atoms with Crippen molar-refractivity contribution < 1.29 is 18.8 Å². The van der Waals surface area contributed by atoms with Gasteiger partial charge in [0.1, 0.15) is 16.7 Å². The Bertz CT molecular complexity index is 1190. The number of piperidine rings is 1. The van der Waals surface area contributed by atoms with Gasteiger partial charge in [-0.3, -0.25) is 9.79 Å². The van der Waals surface area contributed by atoms with Crippen LogP contribution in [0.5, 0.6) is 0 Å². The van der Waals surface area contributed by atoms with Gasteiger partial charge in [-0.2, -0.15) is 0 Å². The summed E-state index contributed by atoms with van der Waals surface area (Å²) in [6.45, 7) is 5.14. The fourth-order valence-electron chi connectivity index (χ4n) is 5.25. The van der Waals surface area contributed by atoms with Gasteiger partial charge in [0.25, 0.3) is 0 Å². The van der Waals surface area contributed by atoms with Crippen LogP contribution in [-0.2, 0) is 20.9 Å². The van der Waals surface area contributed by atoms with Crippen molar-refractivity contribution in [2.45, 2.75) is 61.6 Å². The molecule has 7 rings (SSSR count). The Balaban J connectivity index is 1.16. The Labute approximate surface area is 217 Å². The molecule has 4 heterocycles. The maximum Gasteiger partial charge on any atom is 0.321 e. The second-order valence-corrected chi connectivity index (χ2v) is 11.4. The number of methoxy groups -OCH3 is 1. The molecular weight excluding hydrogens is 509 g/mol. The Morgan fingerprint density at radius 3 is 2.63 bits per heavy atom. The quantitative estimate of drug-likeness (QED) is 0.360. The maximum atomic E-state index is 11.9. The van der Waals surface area contributed by atoms with E-state index in [-0.39, 0.29) is 29.4 Å². The summed E-state index contributed by atoms with van der Waals surface area (Å²) in [5.41, 5.74) is 3.50. The van der Waals surface area contributed by atoms with Gasteiger partial charge in [-0.25, -0.2) is 0 Å². The second-order valence-electron chi connectivity index (χ2n) is 9.42. The Kier molecular flexibility index (Phi) is 6.11. The molecule has 2 saturated carbocycles. The molecule has 0 amide bonds. The highest BCUT2D eigenvalue weighted by Crippen LogP contribution is 2.48. The molecule has 5 aliphatic rings. The average Bonchev–Trinajstić information content (AvgIpc) is 3.44. The number of aromatic nitrogens is 1. The maximum absolute atomic E-state index is 11.9. The lowest BCUT2D eigenvalue weighted by Gasteiger charge is -2.57. The van der Waals surface area contributed by atoms with Crippen LogP contribution in [0.3, 0.4) is 0 Å². The molecule has 0 spiro atoms. The third-order valence-corrected chi connectivity index (χ3v) is 9.06. The summed E-state index contributed by atoms with van der Waals surface area (Å²) in [6.07, 6.45) is 3.90. The summed E-state index contributed by atoms with van der Waals surface area (Å²) in [7, 11) is 1.41. The zero-order chi connectivity index (χ0) is 24.3. The van der Waals surface area contributed by atoms with E-state index in [1.807, 2.05) is 18.2 Å². The van der Waals surface area contributed by atoms with Gasteiger partial charge in [-0.05, 0) is 43.4 Å². The van der Waals surface area contributed by atoms with Gasteiger partial charge in [-0.1, -0.05) is 52.8 Å². The average molecular weight is 534 g/mol. The van der Waals surface area contributed by atoms with E-state index in [1.165, 1.54) is 24.4 Å². The second kappa shape index (κ2) is 9.14. The van der Waals surface area contributed by atoms with Crippen molar-refractivity contribution in [1.82, 2.24) is 10.1 Å². The van der Waals surface area contributed by atoms with E-state index in [0.717, 1.165) is 42.2 Å². The lowest BCUT2D eigenvalue weighted by atomic mass is 9.74. The third kappa shape index (κ3) is 4.08. The van der Waals surface area contributed by atoms with Crippen molar-refractivity contribution in [3.05, 3.63) is 51.7 Å². The van der Waals surface area contributed by atoms with Gasteiger partial charge in [0.2, 0.25) is 0 Å². The minimum absolute atomic E-state index is 0.0756. The van der Waals surface area contributed by atoms with Crippen molar-refractivity contribution in [2.24, 2.45) is 4.99 Å². The van der Waals surface area contributed by atoms with Crippen LogP contribution in [0.15, 0.2) is 39.9 Å². The first kappa shape index (κ1) is 23.4. The van der Waals surface area contributed by atoms with Crippen LogP contribution in [0, 0.1) is 0 Å². The van der Waals surface area contributed by atoms with E-state index in [1.54, 1.807) is 0 Å². The smallest absolute Gasteiger partial charge is 0.321 e. The SMILES string of the molecule is C=C1C2CC(OCc3c(-c4c(Cl)cccc4Cl)noc3C3CC3)C[C@@H]1N2C1=NCC(C(=O)OC)S1. The first-order valence-electron chi connectivity index (χ1n) is 11.8. The van der Waals surface area contributed by atoms with E-state index in [0.29, 0.717) is 40.4 Å². The number of halogens is 2. The summed E-state index contributed by atoms with van der Waals surface area (Å²) < 4.78 is 17.1. The number of hydrogen-bond donors (Lipinski definition) is 0. The van der Waals surface area contributed by atoms with Crippen LogP contribution in [0.25, 0.3) is 11.3 Å². The molecule has 4 fully saturated rings. The monoisotopic (exact) mass is 533 g/mol. The number of carbonyl (C=O) groups excluding carboxylic acids is 1. The zero-order valence-corrected chi connectivity index (χ0v) is 21.5. The molecule has 3 aliphatic heterocycles. The third-order valence-electron chi connectivity index (χ3n) is 7.25. The molecule has 2 bridgehead atoms. The van der Waals surface area contributed by atoms with Crippen molar-refractivity contribution >= 4 is 46.1 Å². The molecule has 35 heavy (non-hydrogen) atoms. The molecule has 7 nitrogen and oxygen atoms in total. The van der Waals surface area contributed by atoms with Crippen LogP contribution in [0.1, 0.15) is 42.9 Å². The molecule has 2 aliphatic carbocycles. The molecule has 2 aromatic rings. The first-order valence-corrected chi connectivity index (χ1v) is 13.4. The molecule has 4 atom stereocenters. The van der Waals surface area contributed by atoms with E-state index in [4.69, 9.17) is 37.2 Å². The summed E-state index contributed by atoms with van der Waals surface area (Å²) >= 11 is 14.5. The predicted octanol–water partition coefficient (Wildman–Crippen LogP) is 5.46. The first-order chi connectivity index (χ1) is 17.0. The van der Waals surface area contributed by atoms with Gasteiger partial charge in [0, 0.05) is 17.0 Å².